The predicted octanol–water partition coefficient (Wildman–Crippen LogP) is 1.82. The third kappa shape index (κ3) is 3.77. The Labute approximate surface area is 117 Å². The van der Waals surface area contributed by atoms with Crippen molar-refractivity contribution in [3.05, 3.63) is 30.1 Å². The molecule has 108 valence electrons. The molecule has 1 aromatic rings. The molecule has 0 aromatic heterocycles. The minimum absolute atomic E-state index is 0.0566. The molecule has 0 saturated carbocycles. The molecule has 1 aliphatic rings. The second kappa shape index (κ2) is 6.47. The van der Waals surface area contributed by atoms with Crippen LogP contribution in [0.3, 0.4) is 0 Å². The number of likely N-dealkylation sites (tertiary alicyclic amines) is 1. The number of halogens is 1. The first-order chi connectivity index (χ1) is 9.56. The van der Waals surface area contributed by atoms with Crippen molar-refractivity contribution in [3.8, 4) is 0 Å². The second-order valence-corrected chi connectivity index (χ2v) is 5.00. The average Bonchev–Trinajstić information content (AvgIpc) is 2.42. The van der Waals surface area contributed by atoms with Crippen LogP contribution in [0.1, 0.15) is 12.8 Å². The third-order valence-corrected chi connectivity index (χ3v) is 3.45. The van der Waals surface area contributed by atoms with E-state index >= 15 is 0 Å². The lowest BCUT2D eigenvalue weighted by atomic mass is 9.96. The summed E-state index contributed by atoms with van der Waals surface area (Å²) in [7, 11) is 2.00. The normalized spacial score (nSPS) is 16.7. The van der Waals surface area contributed by atoms with E-state index in [1.165, 1.54) is 18.2 Å². The summed E-state index contributed by atoms with van der Waals surface area (Å²) in [6.07, 6.45) is 1.46. The van der Waals surface area contributed by atoms with Gasteiger partial charge in [-0.1, -0.05) is 12.1 Å². The van der Waals surface area contributed by atoms with E-state index in [9.17, 15) is 14.0 Å². The number of nitrogens with one attached hydrogen (secondary N) is 2. The fraction of sp³-hybridized carbons (Fsp3) is 0.429. The minimum Gasteiger partial charge on any atom is -0.306 e. The highest BCUT2D eigenvalue weighted by Crippen LogP contribution is 2.16. The van der Waals surface area contributed by atoms with Crippen LogP contribution < -0.4 is 10.6 Å². The summed E-state index contributed by atoms with van der Waals surface area (Å²) in [4.78, 5) is 25.7. The van der Waals surface area contributed by atoms with Gasteiger partial charge in [-0.05, 0) is 45.1 Å². The van der Waals surface area contributed by atoms with Gasteiger partial charge in [0.2, 0.25) is 5.91 Å². The van der Waals surface area contributed by atoms with Gasteiger partial charge in [-0.15, -0.1) is 0 Å². The molecule has 2 N–H and O–H groups in total. The first kappa shape index (κ1) is 14.5. The number of urea groups is 1. The Bertz CT molecular complexity index is 499. The fourth-order valence-corrected chi connectivity index (χ4v) is 2.20. The van der Waals surface area contributed by atoms with Crippen molar-refractivity contribution >= 4 is 17.6 Å². The van der Waals surface area contributed by atoms with Crippen molar-refractivity contribution in [3.63, 3.8) is 0 Å². The summed E-state index contributed by atoms with van der Waals surface area (Å²) in [5, 5.41) is 4.60. The minimum atomic E-state index is -0.695. The maximum atomic E-state index is 13.4. The smallest absolute Gasteiger partial charge is 0.306 e. The molecule has 1 saturated heterocycles. The molecular formula is C14H18FN3O2. The molecule has 0 unspecified atom stereocenters. The molecule has 0 atom stereocenters. The summed E-state index contributed by atoms with van der Waals surface area (Å²) >= 11 is 0. The second-order valence-electron chi connectivity index (χ2n) is 5.00. The van der Waals surface area contributed by atoms with Crippen LogP contribution in [0.25, 0.3) is 0 Å². The Kier molecular flexibility index (Phi) is 4.68. The van der Waals surface area contributed by atoms with Gasteiger partial charge >= 0.3 is 6.03 Å². The van der Waals surface area contributed by atoms with E-state index in [-0.39, 0.29) is 17.5 Å². The lowest BCUT2D eigenvalue weighted by Gasteiger charge is -2.27. The van der Waals surface area contributed by atoms with Gasteiger partial charge in [-0.2, -0.15) is 0 Å². The van der Waals surface area contributed by atoms with E-state index in [4.69, 9.17) is 0 Å². The molecule has 3 amide bonds. The van der Waals surface area contributed by atoms with Crippen molar-refractivity contribution in [1.29, 1.82) is 0 Å². The number of para-hydroxylation sites is 1. The monoisotopic (exact) mass is 279 g/mol. The van der Waals surface area contributed by atoms with E-state index in [1.807, 2.05) is 7.05 Å². The number of hydrogen-bond acceptors (Lipinski definition) is 3. The number of hydrogen-bond donors (Lipinski definition) is 2. The van der Waals surface area contributed by atoms with Crippen molar-refractivity contribution in [2.24, 2.45) is 5.92 Å². The number of anilines is 1. The van der Waals surface area contributed by atoms with Gasteiger partial charge < -0.3 is 10.2 Å². The summed E-state index contributed by atoms with van der Waals surface area (Å²) in [5.41, 5.74) is 0.0566. The van der Waals surface area contributed by atoms with Gasteiger partial charge in [0.05, 0.1) is 5.69 Å². The molecular weight excluding hydrogens is 261 g/mol. The van der Waals surface area contributed by atoms with Crippen LogP contribution in [0, 0.1) is 11.7 Å². The molecule has 1 aromatic carbocycles. The van der Waals surface area contributed by atoms with Crippen LogP contribution in [-0.2, 0) is 4.79 Å². The number of amides is 3. The molecule has 2 rings (SSSR count). The van der Waals surface area contributed by atoms with Crippen molar-refractivity contribution < 1.29 is 14.0 Å². The number of benzene rings is 1. The molecule has 0 radical (unpaired) electrons. The van der Waals surface area contributed by atoms with Gasteiger partial charge in [0.25, 0.3) is 0 Å². The zero-order chi connectivity index (χ0) is 14.5. The molecule has 1 aliphatic heterocycles. The number of imide groups is 1. The molecule has 1 fully saturated rings. The number of nitrogens with zero attached hydrogens (tertiary/aromatic N) is 1. The fourth-order valence-electron chi connectivity index (χ4n) is 2.20. The highest BCUT2D eigenvalue weighted by atomic mass is 19.1. The van der Waals surface area contributed by atoms with Gasteiger partial charge in [-0.25, -0.2) is 9.18 Å². The highest BCUT2D eigenvalue weighted by molar-refractivity contribution is 6.01. The lowest BCUT2D eigenvalue weighted by molar-refractivity contribution is -0.125. The molecule has 5 nitrogen and oxygen atoms in total. The molecule has 1 heterocycles. The van der Waals surface area contributed by atoms with Crippen LogP contribution in [0.15, 0.2) is 24.3 Å². The Hall–Kier alpha value is -1.95. The number of piperidine rings is 1. The zero-order valence-electron chi connectivity index (χ0n) is 11.4. The van der Waals surface area contributed by atoms with Gasteiger partial charge in [0.1, 0.15) is 5.82 Å². The van der Waals surface area contributed by atoms with E-state index in [0.717, 1.165) is 25.9 Å². The Morgan fingerprint density at radius 2 is 1.90 bits per heavy atom. The summed E-state index contributed by atoms with van der Waals surface area (Å²) in [5.74, 6) is -0.987. The average molecular weight is 279 g/mol. The Morgan fingerprint density at radius 3 is 2.55 bits per heavy atom. The number of rotatable bonds is 2. The lowest BCUT2D eigenvalue weighted by Crippen LogP contribution is -2.42. The van der Waals surface area contributed by atoms with Gasteiger partial charge in [0, 0.05) is 5.92 Å². The first-order valence-electron chi connectivity index (χ1n) is 6.61. The summed E-state index contributed by atoms with van der Waals surface area (Å²) in [6.45, 7) is 1.68. The summed E-state index contributed by atoms with van der Waals surface area (Å²) < 4.78 is 13.4. The Morgan fingerprint density at radius 1 is 1.25 bits per heavy atom. The van der Waals surface area contributed by atoms with Crippen LogP contribution in [0.2, 0.25) is 0 Å². The number of carbonyl (C=O) groups is 2. The SMILES string of the molecule is CN1CCC(C(=O)NC(=O)Nc2ccccc2F)CC1. The quantitative estimate of drug-likeness (QED) is 0.868. The zero-order valence-corrected chi connectivity index (χ0v) is 11.4. The maximum absolute atomic E-state index is 13.4. The van der Waals surface area contributed by atoms with Crippen molar-refractivity contribution in [1.82, 2.24) is 10.2 Å². The molecule has 20 heavy (non-hydrogen) atoms. The number of carbonyl (C=O) groups excluding carboxylic acids is 2. The van der Waals surface area contributed by atoms with E-state index in [1.54, 1.807) is 6.07 Å². The maximum Gasteiger partial charge on any atom is 0.325 e. The topological polar surface area (TPSA) is 61.4 Å². The highest BCUT2D eigenvalue weighted by Gasteiger charge is 2.24. The van der Waals surface area contributed by atoms with Crippen LogP contribution in [-0.4, -0.2) is 37.0 Å². The van der Waals surface area contributed by atoms with Crippen LogP contribution in [0.5, 0.6) is 0 Å². The van der Waals surface area contributed by atoms with Crippen LogP contribution in [0.4, 0.5) is 14.9 Å². The van der Waals surface area contributed by atoms with Gasteiger partial charge in [0.15, 0.2) is 0 Å². The molecule has 0 bridgehead atoms. The summed E-state index contributed by atoms with van der Waals surface area (Å²) in [6, 6.07) is 5.13. The van der Waals surface area contributed by atoms with Crippen molar-refractivity contribution in [2.45, 2.75) is 12.8 Å². The van der Waals surface area contributed by atoms with E-state index in [2.05, 4.69) is 15.5 Å². The standard InChI is InChI=1S/C14H18FN3O2/c1-18-8-6-10(7-9-18)13(19)17-14(20)16-12-5-3-2-4-11(12)15/h2-5,10H,6-9H2,1H3,(H2,16,17,19,20). The van der Waals surface area contributed by atoms with Crippen molar-refractivity contribution in [2.75, 3.05) is 25.5 Å². The molecule has 0 aliphatic carbocycles. The first-order valence-corrected chi connectivity index (χ1v) is 6.61. The molecule has 6 heteroatoms. The molecule has 0 spiro atoms. The van der Waals surface area contributed by atoms with Gasteiger partial charge in [-0.3, -0.25) is 10.1 Å². The Balaban J connectivity index is 1.85. The third-order valence-electron chi connectivity index (χ3n) is 3.45. The van der Waals surface area contributed by atoms with E-state index < -0.39 is 11.8 Å². The predicted molar refractivity (Wildman–Crippen MR) is 73.8 cm³/mol. The van der Waals surface area contributed by atoms with E-state index in [0.29, 0.717) is 0 Å². The largest absolute Gasteiger partial charge is 0.325 e. The van der Waals surface area contributed by atoms with Crippen LogP contribution >= 0.6 is 0 Å².